The van der Waals surface area contributed by atoms with Gasteiger partial charge in [0.1, 0.15) is 5.60 Å². The van der Waals surface area contributed by atoms with Gasteiger partial charge in [-0.3, -0.25) is 4.79 Å². The number of nitrogens with zero attached hydrogens (tertiary/aromatic N) is 1. The monoisotopic (exact) mass is 802 g/mol. The van der Waals surface area contributed by atoms with Gasteiger partial charge in [-0.2, -0.15) is 0 Å². The molecule has 2 amide bonds. The fourth-order valence-corrected chi connectivity index (χ4v) is 13.9. The zero-order valence-corrected chi connectivity index (χ0v) is 38.1. The van der Waals surface area contributed by atoms with Gasteiger partial charge in [0.2, 0.25) is 6.41 Å². The molecule has 316 valence electrons. The number of ether oxygens (including phenoxy) is 1. The highest BCUT2D eigenvalue weighted by Gasteiger charge is 2.58. The Morgan fingerprint density at radius 2 is 1.71 bits per heavy atom. The Kier molecular flexibility index (Phi) is 19.2. The minimum Gasteiger partial charge on any atom is -0.444 e. The average Bonchev–Trinajstić information content (AvgIpc) is 3.47. The molecule has 7 unspecified atom stereocenters. The van der Waals surface area contributed by atoms with Crippen molar-refractivity contribution in [1.29, 1.82) is 0 Å². The lowest BCUT2D eigenvalue weighted by Crippen LogP contribution is -2.50. The smallest absolute Gasteiger partial charge is 0.407 e. The molecule has 0 aromatic rings. The molecule has 0 aromatic carbocycles. The molecule has 4 rings (SSSR count). The Hall–Kier alpha value is -1.28. The molecule has 8 heteroatoms. The quantitative estimate of drug-likeness (QED) is 0.0415. The van der Waals surface area contributed by atoms with E-state index in [-0.39, 0.29) is 6.09 Å². The SMILES string of the molecule is C=C(CCSSC1CCC2(C)C(=CCC3C2CCC2(C)C(CCCCC(C)C)CCC32)C1)N(CCCCCCCCNC(=O)OC(C)(C)C)CCCNC=O. The second-order valence-electron chi connectivity index (χ2n) is 19.8. The molecule has 6 nitrogen and oxygen atoms in total. The first-order chi connectivity index (χ1) is 26.3. The van der Waals surface area contributed by atoms with Gasteiger partial charge in [-0.25, -0.2) is 4.79 Å². The van der Waals surface area contributed by atoms with E-state index in [1.807, 2.05) is 26.3 Å². The summed E-state index contributed by atoms with van der Waals surface area (Å²) >= 11 is 0. The Morgan fingerprint density at radius 3 is 2.45 bits per heavy atom. The third-order valence-corrected chi connectivity index (χ3v) is 17.2. The molecule has 0 saturated heterocycles. The number of hydrogen-bond donors (Lipinski definition) is 2. The Balaban J connectivity index is 1.14. The minimum atomic E-state index is -0.452. The van der Waals surface area contributed by atoms with E-state index in [0.717, 1.165) is 92.2 Å². The highest BCUT2D eigenvalue weighted by atomic mass is 33.1. The summed E-state index contributed by atoms with van der Waals surface area (Å²) in [5.74, 6) is 5.72. The highest BCUT2D eigenvalue weighted by molar-refractivity contribution is 8.76. The number of alkyl carbamates (subject to hydrolysis) is 1. The number of amides is 2. The van der Waals surface area contributed by atoms with Crippen molar-refractivity contribution in [2.45, 2.75) is 188 Å². The van der Waals surface area contributed by atoms with Crippen LogP contribution in [-0.2, 0) is 9.53 Å². The van der Waals surface area contributed by atoms with E-state index in [0.29, 0.717) is 23.9 Å². The first-order valence-corrected chi connectivity index (χ1v) is 25.2. The molecular weight excluding hydrogens is 719 g/mol. The molecule has 0 heterocycles. The lowest BCUT2D eigenvalue weighted by Gasteiger charge is -2.58. The van der Waals surface area contributed by atoms with Crippen LogP contribution in [0.5, 0.6) is 0 Å². The summed E-state index contributed by atoms with van der Waals surface area (Å²) in [6.45, 7) is 23.7. The van der Waals surface area contributed by atoms with Crippen LogP contribution in [0.3, 0.4) is 0 Å². The van der Waals surface area contributed by atoms with Crippen LogP contribution in [0.15, 0.2) is 23.9 Å². The van der Waals surface area contributed by atoms with E-state index in [2.05, 4.69) is 77.5 Å². The van der Waals surface area contributed by atoms with Gasteiger partial charge in [0.15, 0.2) is 0 Å². The third kappa shape index (κ3) is 14.2. The van der Waals surface area contributed by atoms with E-state index in [4.69, 9.17) is 4.74 Å². The van der Waals surface area contributed by atoms with Gasteiger partial charge in [0.25, 0.3) is 0 Å². The maximum absolute atomic E-state index is 11.8. The molecule has 3 saturated carbocycles. The van der Waals surface area contributed by atoms with Crippen LogP contribution in [0.2, 0.25) is 0 Å². The zero-order chi connectivity index (χ0) is 39.9. The van der Waals surface area contributed by atoms with Crippen molar-refractivity contribution in [3.63, 3.8) is 0 Å². The molecule has 0 bridgehead atoms. The number of nitrogens with one attached hydrogen (secondary N) is 2. The fourth-order valence-electron chi connectivity index (χ4n) is 11.2. The standard InChI is InChI=1S/C47H83N3O3S2/c1-36(2)18-13-14-19-38-21-23-42-41-22-20-39-34-40(24-27-47(39,8)43(41)25-28-46(38,42)7)55-54-33-26-37(3)50(32-17-29-48-35-51)31-16-12-10-9-11-15-30-49-44(52)53-45(4,5)6/h20,35-36,38,40-43H,3,9-19,21-34H2,1-2,4-8H3,(H,48,51)(H,49,52). The largest absolute Gasteiger partial charge is 0.444 e. The van der Waals surface area contributed by atoms with Crippen molar-refractivity contribution >= 4 is 34.1 Å². The molecule has 0 aliphatic heterocycles. The maximum Gasteiger partial charge on any atom is 0.407 e. The van der Waals surface area contributed by atoms with Crippen LogP contribution in [0.4, 0.5) is 4.79 Å². The first kappa shape index (κ1) is 46.4. The molecule has 55 heavy (non-hydrogen) atoms. The molecule has 7 atom stereocenters. The Morgan fingerprint density at radius 1 is 0.964 bits per heavy atom. The normalized spacial score (nSPS) is 28.8. The lowest BCUT2D eigenvalue weighted by atomic mass is 9.47. The number of fused-ring (bicyclic) bond motifs is 5. The van der Waals surface area contributed by atoms with Gasteiger partial charge in [-0.05, 0) is 145 Å². The number of rotatable bonds is 25. The molecule has 0 aromatic heterocycles. The van der Waals surface area contributed by atoms with Crippen LogP contribution in [-0.4, -0.2) is 60.2 Å². The second-order valence-corrected chi connectivity index (χ2v) is 22.6. The number of hydrogen-bond acceptors (Lipinski definition) is 6. The summed E-state index contributed by atoms with van der Waals surface area (Å²) in [5, 5.41) is 6.43. The average molecular weight is 802 g/mol. The predicted octanol–water partition coefficient (Wildman–Crippen LogP) is 12.7. The van der Waals surface area contributed by atoms with Crippen LogP contribution < -0.4 is 10.6 Å². The number of unbranched alkanes of at least 4 members (excludes halogenated alkanes) is 6. The molecular formula is C47H83N3O3S2. The summed E-state index contributed by atoms with van der Waals surface area (Å²) in [5.41, 5.74) is 3.65. The fraction of sp³-hybridized carbons (Fsp3) is 0.872. The summed E-state index contributed by atoms with van der Waals surface area (Å²) in [7, 11) is 4.23. The van der Waals surface area contributed by atoms with Gasteiger partial charge in [-0.1, -0.05) is 112 Å². The molecule has 0 radical (unpaired) electrons. The van der Waals surface area contributed by atoms with Crippen molar-refractivity contribution in [2.75, 3.05) is 31.9 Å². The van der Waals surface area contributed by atoms with E-state index < -0.39 is 5.60 Å². The summed E-state index contributed by atoms with van der Waals surface area (Å²) in [6.07, 6.45) is 29.2. The summed E-state index contributed by atoms with van der Waals surface area (Å²) in [6, 6.07) is 0. The summed E-state index contributed by atoms with van der Waals surface area (Å²) < 4.78 is 5.31. The van der Waals surface area contributed by atoms with E-state index in [9.17, 15) is 9.59 Å². The number of carbonyl (C=O) groups excluding carboxylic acids is 2. The molecule has 0 spiro atoms. The minimum absolute atomic E-state index is 0.323. The van der Waals surface area contributed by atoms with Crippen molar-refractivity contribution in [1.82, 2.24) is 15.5 Å². The van der Waals surface area contributed by atoms with Crippen LogP contribution in [0.1, 0.15) is 177 Å². The maximum atomic E-state index is 11.8. The van der Waals surface area contributed by atoms with Crippen molar-refractivity contribution < 1.29 is 14.3 Å². The lowest BCUT2D eigenvalue weighted by molar-refractivity contribution is -0.109. The van der Waals surface area contributed by atoms with Gasteiger partial charge < -0.3 is 20.3 Å². The van der Waals surface area contributed by atoms with Crippen molar-refractivity contribution in [3.05, 3.63) is 23.9 Å². The second kappa shape index (κ2) is 22.8. The van der Waals surface area contributed by atoms with Crippen molar-refractivity contribution in [2.24, 2.45) is 40.4 Å². The Bertz CT molecular complexity index is 1220. The zero-order valence-electron chi connectivity index (χ0n) is 36.5. The van der Waals surface area contributed by atoms with Crippen LogP contribution >= 0.6 is 21.6 Å². The van der Waals surface area contributed by atoms with Gasteiger partial charge in [0.05, 0.1) is 0 Å². The highest BCUT2D eigenvalue weighted by Crippen LogP contribution is 2.67. The van der Waals surface area contributed by atoms with Gasteiger partial charge >= 0.3 is 6.09 Å². The summed E-state index contributed by atoms with van der Waals surface area (Å²) in [4.78, 5) is 25.1. The van der Waals surface area contributed by atoms with Gasteiger partial charge in [-0.15, -0.1) is 0 Å². The number of allylic oxidation sites excluding steroid dienone is 3. The topological polar surface area (TPSA) is 70.7 Å². The molecule has 4 aliphatic rings. The molecule has 2 N–H and O–H groups in total. The van der Waals surface area contributed by atoms with Crippen LogP contribution in [0.25, 0.3) is 0 Å². The third-order valence-electron chi connectivity index (χ3n) is 14.3. The van der Waals surface area contributed by atoms with Crippen LogP contribution in [0, 0.1) is 40.4 Å². The van der Waals surface area contributed by atoms with Gasteiger partial charge in [0, 0.05) is 42.9 Å². The van der Waals surface area contributed by atoms with E-state index >= 15 is 0 Å². The van der Waals surface area contributed by atoms with Crippen molar-refractivity contribution in [3.8, 4) is 0 Å². The molecule has 3 fully saturated rings. The van der Waals surface area contributed by atoms with E-state index in [1.165, 1.54) is 102 Å². The predicted molar refractivity (Wildman–Crippen MR) is 238 cm³/mol. The Labute approximate surface area is 346 Å². The first-order valence-electron chi connectivity index (χ1n) is 22.8. The molecule has 4 aliphatic carbocycles. The van der Waals surface area contributed by atoms with E-state index in [1.54, 1.807) is 0 Å². The number of carbonyl (C=O) groups is 2.